The molecule has 1 amide bonds. The fraction of sp³-hybridized carbons (Fsp3) is 0.250. The fourth-order valence-electron chi connectivity index (χ4n) is 2.27. The van der Waals surface area contributed by atoms with E-state index in [0.29, 0.717) is 6.54 Å². The van der Waals surface area contributed by atoms with Crippen LogP contribution in [0, 0.1) is 6.92 Å². The normalized spacial score (nSPS) is 15.0. The van der Waals surface area contributed by atoms with Gasteiger partial charge in [-0.05, 0) is 18.6 Å². The van der Waals surface area contributed by atoms with E-state index in [4.69, 9.17) is 11.6 Å². The standard InChI is InChI=1S/C12H11ClN2O/c1-6-8(13)3-2-7-10-9(15-11(6)7)4-5-14-12(10)16/h2-3,15H,4-5H2,1H3,(H,14,16). The molecule has 82 valence electrons. The third-order valence-corrected chi connectivity index (χ3v) is 3.54. The summed E-state index contributed by atoms with van der Waals surface area (Å²) in [4.78, 5) is 15.1. The smallest absolute Gasteiger partial charge is 0.253 e. The predicted molar refractivity (Wildman–Crippen MR) is 64.1 cm³/mol. The van der Waals surface area contributed by atoms with Gasteiger partial charge in [0.25, 0.3) is 5.91 Å². The Hall–Kier alpha value is -1.48. The first-order valence-corrected chi connectivity index (χ1v) is 5.64. The van der Waals surface area contributed by atoms with Gasteiger partial charge >= 0.3 is 0 Å². The van der Waals surface area contributed by atoms with Crippen LogP contribution in [0.15, 0.2) is 12.1 Å². The molecule has 0 radical (unpaired) electrons. The van der Waals surface area contributed by atoms with Gasteiger partial charge in [0, 0.05) is 29.1 Å². The topological polar surface area (TPSA) is 44.9 Å². The summed E-state index contributed by atoms with van der Waals surface area (Å²) in [7, 11) is 0. The largest absolute Gasteiger partial charge is 0.357 e. The van der Waals surface area contributed by atoms with Crippen LogP contribution in [0.2, 0.25) is 5.02 Å². The first kappa shape index (κ1) is 9.73. The molecule has 3 rings (SSSR count). The Morgan fingerprint density at radius 2 is 2.19 bits per heavy atom. The Morgan fingerprint density at radius 1 is 1.38 bits per heavy atom. The number of nitrogens with one attached hydrogen (secondary N) is 2. The van der Waals surface area contributed by atoms with E-state index in [-0.39, 0.29) is 5.91 Å². The molecule has 16 heavy (non-hydrogen) atoms. The lowest BCUT2D eigenvalue weighted by Gasteiger charge is -2.11. The highest BCUT2D eigenvalue weighted by Gasteiger charge is 2.22. The van der Waals surface area contributed by atoms with E-state index in [9.17, 15) is 4.79 Å². The number of aryl methyl sites for hydroxylation is 1. The lowest BCUT2D eigenvalue weighted by molar-refractivity contribution is 0.0947. The van der Waals surface area contributed by atoms with Gasteiger partial charge in [0.2, 0.25) is 0 Å². The monoisotopic (exact) mass is 234 g/mol. The van der Waals surface area contributed by atoms with Crippen LogP contribution in [0.5, 0.6) is 0 Å². The van der Waals surface area contributed by atoms with E-state index in [1.54, 1.807) is 0 Å². The molecule has 0 saturated carbocycles. The van der Waals surface area contributed by atoms with E-state index in [1.165, 1.54) is 0 Å². The average molecular weight is 235 g/mol. The Kier molecular flexibility index (Phi) is 1.98. The number of hydrogen-bond donors (Lipinski definition) is 2. The highest BCUT2D eigenvalue weighted by molar-refractivity contribution is 6.32. The summed E-state index contributed by atoms with van der Waals surface area (Å²) in [5.74, 6) is 0.00854. The molecule has 0 fully saturated rings. The quantitative estimate of drug-likeness (QED) is 0.723. The zero-order valence-corrected chi connectivity index (χ0v) is 9.61. The number of carbonyl (C=O) groups excluding carboxylic acids is 1. The van der Waals surface area contributed by atoms with E-state index < -0.39 is 0 Å². The summed E-state index contributed by atoms with van der Waals surface area (Å²) < 4.78 is 0. The van der Waals surface area contributed by atoms with Gasteiger partial charge in [-0.3, -0.25) is 4.79 Å². The average Bonchev–Trinajstić information content (AvgIpc) is 2.64. The number of amides is 1. The van der Waals surface area contributed by atoms with Gasteiger partial charge in [0.15, 0.2) is 0 Å². The molecule has 4 heteroatoms. The molecular formula is C12H11ClN2O. The van der Waals surface area contributed by atoms with Gasteiger partial charge in [-0.15, -0.1) is 0 Å². The zero-order valence-electron chi connectivity index (χ0n) is 8.86. The number of aromatic nitrogens is 1. The van der Waals surface area contributed by atoms with Gasteiger partial charge in [0.1, 0.15) is 0 Å². The maximum Gasteiger partial charge on any atom is 0.253 e. The molecule has 2 N–H and O–H groups in total. The molecule has 0 aliphatic carbocycles. The lowest BCUT2D eigenvalue weighted by Crippen LogP contribution is -2.31. The second-order valence-corrected chi connectivity index (χ2v) is 4.49. The van der Waals surface area contributed by atoms with Crippen molar-refractivity contribution in [1.82, 2.24) is 10.3 Å². The molecule has 1 aromatic heterocycles. The van der Waals surface area contributed by atoms with E-state index >= 15 is 0 Å². The molecule has 2 heterocycles. The number of H-pyrrole nitrogens is 1. The summed E-state index contributed by atoms with van der Waals surface area (Å²) in [5.41, 5.74) is 3.78. The van der Waals surface area contributed by atoms with Gasteiger partial charge in [-0.25, -0.2) is 0 Å². The van der Waals surface area contributed by atoms with Gasteiger partial charge < -0.3 is 10.3 Å². The Balaban J connectivity index is 2.41. The van der Waals surface area contributed by atoms with Crippen molar-refractivity contribution in [3.8, 4) is 0 Å². The Bertz CT molecular complexity index is 601. The molecule has 1 aliphatic rings. The molecule has 0 atom stereocenters. The number of hydrogen-bond acceptors (Lipinski definition) is 1. The first-order chi connectivity index (χ1) is 7.68. The third-order valence-electron chi connectivity index (χ3n) is 3.13. The van der Waals surface area contributed by atoms with Crippen molar-refractivity contribution >= 4 is 28.4 Å². The van der Waals surface area contributed by atoms with Crippen LogP contribution in [-0.2, 0) is 6.42 Å². The van der Waals surface area contributed by atoms with Crippen molar-refractivity contribution in [1.29, 1.82) is 0 Å². The molecule has 2 aromatic rings. The van der Waals surface area contributed by atoms with Crippen LogP contribution in [0.25, 0.3) is 10.9 Å². The molecule has 3 nitrogen and oxygen atoms in total. The molecule has 0 unspecified atom stereocenters. The van der Waals surface area contributed by atoms with E-state index in [0.717, 1.165) is 39.2 Å². The third kappa shape index (κ3) is 1.18. The first-order valence-electron chi connectivity index (χ1n) is 5.26. The number of benzene rings is 1. The Morgan fingerprint density at radius 3 is 3.00 bits per heavy atom. The highest BCUT2D eigenvalue weighted by Crippen LogP contribution is 2.30. The van der Waals surface area contributed by atoms with Crippen molar-refractivity contribution in [2.24, 2.45) is 0 Å². The summed E-state index contributed by atoms with van der Waals surface area (Å²) in [6.07, 6.45) is 0.854. The minimum atomic E-state index is 0.00854. The predicted octanol–water partition coefficient (Wildman–Crippen LogP) is 2.42. The van der Waals surface area contributed by atoms with Crippen molar-refractivity contribution < 1.29 is 4.79 Å². The number of fused-ring (bicyclic) bond motifs is 3. The molecule has 0 bridgehead atoms. The van der Waals surface area contributed by atoms with Crippen molar-refractivity contribution in [3.63, 3.8) is 0 Å². The van der Waals surface area contributed by atoms with Gasteiger partial charge in [0.05, 0.1) is 11.1 Å². The maximum atomic E-state index is 11.8. The lowest BCUT2D eigenvalue weighted by atomic mass is 10.0. The van der Waals surface area contributed by atoms with Crippen molar-refractivity contribution in [3.05, 3.63) is 34.0 Å². The molecule has 0 saturated heterocycles. The molecular weight excluding hydrogens is 224 g/mol. The van der Waals surface area contributed by atoms with Crippen LogP contribution in [0.1, 0.15) is 21.6 Å². The van der Waals surface area contributed by atoms with Crippen LogP contribution in [0.3, 0.4) is 0 Å². The Labute approximate surface area is 97.8 Å². The number of aromatic amines is 1. The van der Waals surface area contributed by atoms with Crippen LogP contribution in [-0.4, -0.2) is 17.4 Å². The number of carbonyl (C=O) groups is 1. The molecule has 1 aromatic carbocycles. The second kappa shape index (κ2) is 3.25. The van der Waals surface area contributed by atoms with Gasteiger partial charge in [-0.2, -0.15) is 0 Å². The highest BCUT2D eigenvalue weighted by atomic mass is 35.5. The fourth-order valence-corrected chi connectivity index (χ4v) is 2.43. The van der Waals surface area contributed by atoms with Gasteiger partial charge in [-0.1, -0.05) is 17.7 Å². The van der Waals surface area contributed by atoms with Crippen LogP contribution < -0.4 is 5.32 Å². The van der Waals surface area contributed by atoms with Crippen molar-refractivity contribution in [2.75, 3.05) is 6.54 Å². The molecule has 1 aliphatic heterocycles. The maximum absolute atomic E-state index is 11.8. The summed E-state index contributed by atoms with van der Waals surface area (Å²) in [6.45, 7) is 2.66. The van der Waals surface area contributed by atoms with Crippen LogP contribution >= 0.6 is 11.6 Å². The second-order valence-electron chi connectivity index (χ2n) is 4.08. The minimum absolute atomic E-state index is 0.00854. The zero-order chi connectivity index (χ0) is 11.3. The van der Waals surface area contributed by atoms with E-state index in [1.807, 2.05) is 19.1 Å². The summed E-state index contributed by atoms with van der Waals surface area (Å²) >= 11 is 6.07. The van der Waals surface area contributed by atoms with Crippen molar-refractivity contribution in [2.45, 2.75) is 13.3 Å². The number of rotatable bonds is 0. The van der Waals surface area contributed by atoms with E-state index in [2.05, 4.69) is 10.3 Å². The molecule has 0 spiro atoms. The van der Waals surface area contributed by atoms with Crippen LogP contribution in [0.4, 0.5) is 0 Å². The summed E-state index contributed by atoms with van der Waals surface area (Å²) in [5, 5.41) is 4.55. The summed E-state index contributed by atoms with van der Waals surface area (Å²) in [6, 6.07) is 3.75. The minimum Gasteiger partial charge on any atom is -0.357 e. The SMILES string of the molecule is Cc1c(Cl)ccc2c3c([nH]c12)CCNC3=O. The number of halogens is 1.